The van der Waals surface area contributed by atoms with Gasteiger partial charge in [0.05, 0.1) is 11.0 Å². The lowest BCUT2D eigenvalue weighted by molar-refractivity contribution is 0.102. The van der Waals surface area contributed by atoms with E-state index < -0.39 is 26.4 Å². The van der Waals surface area contributed by atoms with Gasteiger partial charge >= 0.3 is 5.76 Å². The zero-order valence-electron chi connectivity index (χ0n) is 14.9. The number of sulfone groups is 1. The van der Waals surface area contributed by atoms with Gasteiger partial charge in [-0.3, -0.25) is 4.79 Å². The van der Waals surface area contributed by atoms with E-state index in [1.54, 1.807) is 12.1 Å². The van der Waals surface area contributed by atoms with E-state index in [0.29, 0.717) is 5.69 Å². The zero-order chi connectivity index (χ0) is 20.3. The van der Waals surface area contributed by atoms with Crippen molar-refractivity contribution in [3.8, 4) is 0 Å². The minimum Gasteiger partial charge on any atom is -0.393 e. The number of hydrogen-bond donors (Lipinski definition) is 2. The number of amides is 1. The summed E-state index contributed by atoms with van der Waals surface area (Å²) >= 11 is 0. The fourth-order valence-electron chi connectivity index (χ4n) is 2.98. The molecule has 150 valence electrons. The summed E-state index contributed by atoms with van der Waals surface area (Å²) in [6, 6.07) is 11.6. The Hall–Kier alpha value is -2.52. The SMILES string of the molecule is O=C(Nc1ccc(N2CCC(O)CC2)cc1)c1ccc(S(=O)(=O)C(F)F)cc1. The largest absolute Gasteiger partial charge is 0.393 e. The molecule has 0 unspecified atom stereocenters. The molecule has 1 heterocycles. The molecule has 9 heteroatoms. The standard InChI is InChI=1S/C19H20F2N2O4S/c20-19(21)28(26,27)17-7-1-13(2-8-17)18(25)22-14-3-5-15(6-4-14)23-11-9-16(24)10-12-23/h1-8,16,19,24H,9-12H2,(H,22,25). The van der Waals surface area contributed by atoms with Gasteiger partial charge in [-0.05, 0) is 61.4 Å². The van der Waals surface area contributed by atoms with Gasteiger partial charge in [-0.1, -0.05) is 0 Å². The third kappa shape index (κ3) is 4.48. The van der Waals surface area contributed by atoms with E-state index >= 15 is 0 Å². The van der Waals surface area contributed by atoms with Crippen molar-refractivity contribution in [1.29, 1.82) is 0 Å². The van der Waals surface area contributed by atoms with Crippen LogP contribution in [0.25, 0.3) is 0 Å². The Morgan fingerprint density at radius 2 is 1.61 bits per heavy atom. The van der Waals surface area contributed by atoms with Crippen LogP contribution in [0.5, 0.6) is 0 Å². The average molecular weight is 410 g/mol. The molecule has 0 aliphatic carbocycles. The fraction of sp³-hybridized carbons (Fsp3) is 0.316. The molecular formula is C19H20F2N2O4S. The first-order chi connectivity index (χ1) is 13.3. The maximum Gasteiger partial charge on any atom is 0.341 e. The number of carbonyl (C=O) groups excluding carboxylic acids is 1. The first kappa shape index (κ1) is 20.2. The van der Waals surface area contributed by atoms with Gasteiger partial charge in [0.25, 0.3) is 5.91 Å². The Morgan fingerprint density at radius 3 is 2.14 bits per heavy atom. The Labute approximate surface area is 161 Å². The molecule has 1 aliphatic rings. The normalized spacial score (nSPS) is 15.6. The highest BCUT2D eigenvalue weighted by atomic mass is 32.2. The molecule has 0 radical (unpaired) electrons. The van der Waals surface area contributed by atoms with E-state index in [1.165, 1.54) is 12.1 Å². The smallest absolute Gasteiger partial charge is 0.341 e. The molecule has 2 aromatic carbocycles. The molecule has 0 aromatic heterocycles. The van der Waals surface area contributed by atoms with Crippen molar-refractivity contribution >= 4 is 27.1 Å². The molecule has 6 nitrogen and oxygen atoms in total. The number of rotatable bonds is 5. The maximum absolute atomic E-state index is 12.5. The Balaban J connectivity index is 1.64. The molecule has 2 N–H and O–H groups in total. The average Bonchev–Trinajstić information content (AvgIpc) is 2.69. The van der Waals surface area contributed by atoms with Crippen molar-refractivity contribution in [2.75, 3.05) is 23.3 Å². The van der Waals surface area contributed by atoms with Crippen molar-refractivity contribution in [2.24, 2.45) is 0 Å². The summed E-state index contributed by atoms with van der Waals surface area (Å²) in [5.74, 6) is -3.98. The zero-order valence-corrected chi connectivity index (χ0v) is 15.7. The predicted octanol–water partition coefficient (Wildman–Crippen LogP) is 2.90. The van der Waals surface area contributed by atoms with E-state index in [4.69, 9.17) is 0 Å². The summed E-state index contributed by atoms with van der Waals surface area (Å²) in [6.45, 7) is 1.53. The molecule has 0 bridgehead atoms. The highest BCUT2D eigenvalue weighted by Gasteiger charge is 2.26. The van der Waals surface area contributed by atoms with Crippen LogP contribution in [0.1, 0.15) is 23.2 Å². The minimum atomic E-state index is -4.68. The van der Waals surface area contributed by atoms with E-state index in [-0.39, 0.29) is 11.7 Å². The number of benzene rings is 2. The molecule has 1 amide bonds. The van der Waals surface area contributed by atoms with Gasteiger partial charge in [0.1, 0.15) is 0 Å². The van der Waals surface area contributed by atoms with E-state index in [2.05, 4.69) is 10.2 Å². The van der Waals surface area contributed by atoms with Gasteiger partial charge in [-0.25, -0.2) is 8.42 Å². The number of anilines is 2. The van der Waals surface area contributed by atoms with E-state index in [9.17, 15) is 27.1 Å². The van der Waals surface area contributed by atoms with Crippen molar-refractivity contribution in [3.63, 3.8) is 0 Å². The van der Waals surface area contributed by atoms with Crippen LogP contribution in [0.2, 0.25) is 0 Å². The first-order valence-electron chi connectivity index (χ1n) is 8.74. The number of halogens is 2. The highest BCUT2D eigenvalue weighted by Crippen LogP contribution is 2.23. The lowest BCUT2D eigenvalue weighted by Gasteiger charge is -2.31. The van der Waals surface area contributed by atoms with Crippen LogP contribution in [0.4, 0.5) is 20.2 Å². The summed E-state index contributed by atoms with van der Waals surface area (Å²) in [4.78, 5) is 13.9. The van der Waals surface area contributed by atoms with Crippen LogP contribution >= 0.6 is 0 Å². The molecule has 1 aliphatic heterocycles. The summed E-state index contributed by atoms with van der Waals surface area (Å²) in [6.07, 6.45) is 1.18. The van der Waals surface area contributed by atoms with Crippen molar-refractivity contribution in [3.05, 3.63) is 54.1 Å². The summed E-state index contributed by atoms with van der Waals surface area (Å²) in [5, 5.41) is 12.3. The number of alkyl halides is 2. The van der Waals surface area contributed by atoms with E-state index in [0.717, 1.165) is 43.8 Å². The topological polar surface area (TPSA) is 86.7 Å². The lowest BCUT2D eigenvalue weighted by Crippen LogP contribution is -2.35. The van der Waals surface area contributed by atoms with Crippen molar-refractivity contribution in [2.45, 2.75) is 29.6 Å². The Kier molecular flexibility index (Phi) is 5.95. The molecular weight excluding hydrogens is 390 g/mol. The van der Waals surface area contributed by atoms with E-state index in [1.807, 2.05) is 12.1 Å². The van der Waals surface area contributed by atoms with Gasteiger partial charge in [0, 0.05) is 30.0 Å². The van der Waals surface area contributed by atoms with Gasteiger partial charge in [-0.15, -0.1) is 0 Å². The molecule has 1 saturated heterocycles. The Bertz CT molecular complexity index is 923. The molecule has 3 rings (SSSR count). The van der Waals surface area contributed by atoms with Crippen LogP contribution < -0.4 is 10.2 Å². The molecule has 28 heavy (non-hydrogen) atoms. The number of nitrogens with one attached hydrogen (secondary N) is 1. The predicted molar refractivity (Wildman–Crippen MR) is 101 cm³/mol. The van der Waals surface area contributed by atoms with Gasteiger partial charge in [0.15, 0.2) is 0 Å². The summed E-state index contributed by atoms with van der Waals surface area (Å²) in [5.41, 5.74) is 1.70. The third-order valence-corrected chi connectivity index (χ3v) is 6.03. The molecule has 0 saturated carbocycles. The number of nitrogens with zero attached hydrogens (tertiary/aromatic N) is 1. The summed E-state index contributed by atoms with van der Waals surface area (Å²) < 4.78 is 47.9. The number of aliphatic hydroxyl groups is 1. The monoisotopic (exact) mass is 410 g/mol. The molecule has 1 fully saturated rings. The van der Waals surface area contributed by atoms with Gasteiger partial charge < -0.3 is 15.3 Å². The quantitative estimate of drug-likeness (QED) is 0.792. The Morgan fingerprint density at radius 1 is 1.04 bits per heavy atom. The second-order valence-corrected chi connectivity index (χ2v) is 8.47. The number of piperidine rings is 1. The summed E-state index contributed by atoms with van der Waals surface area (Å²) in [7, 11) is -4.68. The third-order valence-electron chi connectivity index (χ3n) is 4.63. The lowest BCUT2D eigenvalue weighted by atomic mass is 10.1. The number of carbonyl (C=O) groups is 1. The fourth-order valence-corrected chi connectivity index (χ4v) is 3.70. The van der Waals surface area contributed by atoms with Crippen LogP contribution in [0.15, 0.2) is 53.4 Å². The van der Waals surface area contributed by atoms with Gasteiger partial charge in [0.2, 0.25) is 9.84 Å². The highest BCUT2D eigenvalue weighted by molar-refractivity contribution is 7.91. The first-order valence-corrected chi connectivity index (χ1v) is 10.3. The van der Waals surface area contributed by atoms with Crippen LogP contribution in [-0.4, -0.2) is 44.4 Å². The van der Waals surface area contributed by atoms with Crippen LogP contribution in [-0.2, 0) is 9.84 Å². The maximum atomic E-state index is 12.5. The van der Waals surface area contributed by atoms with Crippen molar-refractivity contribution in [1.82, 2.24) is 0 Å². The van der Waals surface area contributed by atoms with Crippen molar-refractivity contribution < 1.29 is 27.1 Å². The molecule has 0 spiro atoms. The van der Waals surface area contributed by atoms with Gasteiger partial charge in [-0.2, -0.15) is 8.78 Å². The van der Waals surface area contributed by atoms with Crippen LogP contribution in [0, 0.1) is 0 Å². The second-order valence-electron chi connectivity index (χ2n) is 6.55. The number of aliphatic hydroxyl groups excluding tert-OH is 1. The molecule has 0 atom stereocenters. The van der Waals surface area contributed by atoms with Crippen LogP contribution in [0.3, 0.4) is 0 Å². The number of hydrogen-bond acceptors (Lipinski definition) is 5. The minimum absolute atomic E-state index is 0.155. The molecule has 2 aromatic rings. The second kappa shape index (κ2) is 8.24.